The van der Waals surface area contributed by atoms with E-state index in [0.29, 0.717) is 18.4 Å². The molecule has 0 spiro atoms. The van der Waals surface area contributed by atoms with Gasteiger partial charge in [-0.1, -0.05) is 17.7 Å². The molecule has 3 nitrogen and oxygen atoms in total. The Morgan fingerprint density at radius 3 is 2.60 bits per heavy atom. The number of nitrogens with one attached hydrogen (secondary N) is 1. The number of pyridine rings is 1. The van der Waals surface area contributed by atoms with Gasteiger partial charge in [-0.3, -0.25) is 9.78 Å². The first-order chi connectivity index (χ1) is 11.8. The zero-order valence-corrected chi connectivity index (χ0v) is 13.5. The Bertz CT molecular complexity index is 809. The van der Waals surface area contributed by atoms with E-state index in [0.717, 1.165) is 18.3 Å². The van der Waals surface area contributed by atoms with Crippen molar-refractivity contribution in [2.75, 3.05) is 0 Å². The smallest absolute Gasteiger partial charge is 0.347 e. The molecule has 8 heteroatoms. The Morgan fingerprint density at radius 1 is 1.24 bits per heavy atom. The number of carbonyl (C=O) groups excluding carboxylic acids is 1. The van der Waals surface area contributed by atoms with E-state index >= 15 is 0 Å². The van der Waals surface area contributed by atoms with Crippen LogP contribution in [-0.2, 0) is 6.18 Å². The molecule has 1 heterocycles. The minimum absolute atomic E-state index is 0.171. The summed E-state index contributed by atoms with van der Waals surface area (Å²) in [4.78, 5) is 15.8. The summed E-state index contributed by atoms with van der Waals surface area (Å²) in [7, 11) is 0. The van der Waals surface area contributed by atoms with Gasteiger partial charge in [0, 0.05) is 23.2 Å². The van der Waals surface area contributed by atoms with Crippen molar-refractivity contribution >= 4 is 17.5 Å². The van der Waals surface area contributed by atoms with E-state index in [1.165, 1.54) is 18.2 Å². The van der Waals surface area contributed by atoms with Crippen LogP contribution >= 0.6 is 11.6 Å². The largest absolute Gasteiger partial charge is 0.418 e. The lowest BCUT2D eigenvalue weighted by Gasteiger charge is -2.38. The molecule has 0 aliphatic heterocycles. The van der Waals surface area contributed by atoms with Gasteiger partial charge in [0.05, 0.1) is 5.56 Å². The molecule has 1 fully saturated rings. The number of hydrogen-bond acceptors (Lipinski definition) is 2. The summed E-state index contributed by atoms with van der Waals surface area (Å²) in [6, 6.07) is 5.54. The Labute approximate surface area is 146 Å². The molecule has 25 heavy (non-hydrogen) atoms. The zero-order chi connectivity index (χ0) is 18.2. The first-order valence-corrected chi connectivity index (χ1v) is 7.93. The summed E-state index contributed by atoms with van der Waals surface area (Å²) in [5.41, 5.74) is -1.08. The second-order valence-corrected chi connectivity index (χ2v) is 6.23. The fourth-order valence-corrected chi connectivity index (χ4v) is 3.21. The fraction of sp³-hybridized carbons (Fsp3) is 0.294. The van der Waals surface area contributed by atoms with Gasteiger partial charge in [0.2, 0.25) is 0 Å². The molecule has 1 amide bonds. The van der Waals surface area contributed by atoms with Gasteiger partial charge in [-0.05, 0) is 42.7 Å². The quantitative estimate of drug-likeness (QED) is 0.802. The summed E-state index contributed by atoms with van der Waals surface area (Å²) in [5.74, 6) is -1.53. The molecule has 0 radical (unpaired) electrons. The molecule has 3 rings (SSSR count). The van der Waals surface area contributed by atoms with Crippen molar-refractivity contribution < 1.29 is 22.4 Å². The molecule has 1 aromatic heterocycles. The SMILES string of the molecule is O=C(N[C@@H]1CC[C@@H]1c1ccc(F)cc1Cl)c1ncccc1C(F)(F)F. The van der Waals surface area contributed by atoms with Gasteiger partial charge in [-0.2, -0.15) is 13.2 Å². The maximum atomic E-state index is 13.1. The van der Waals surface area contributed by atoms with Crippen LogP contribution in [-0.4, -0.2) is 16.9 Å². The number of carbonyl (C=O) groups is 1. The molecule has 1 N–H and O–H groups in total. The molecule has 0 saturated heterocycles. The molecule has 2 atom stereocenters. The third-order valence-corrected chi connectivity index (χ3v) is 4.61. The normalized spacial score (nSPS) is 20.0. The minimum Gasteiger partial charge on any atom is -0.347 e. The predicted octanol–water partition coefficient (Wildman–Crippen LogP) is 4.57. The fourth-order valence-electron chi connectivity index (χ4n) is 2.90. The van der Waals surface area contributed by atoms with Crippen LogP contribution in [0.25, 0.3) is 0 Å². The Hall–Kier alpha value is -2.15. The number of amides is 1. The van der Waals surface area contributed by atoms with Crippen molar-refractivity contribution in [3.63, 3.8) is 0 Å². The molecule has 1 aromatic carbocycles. The molecule has 0 bridgehead atoms. The van der Waals surface area contributed by atoms with Crippen molar-refractivity contribution in [1.29, 1.82) is 0 Å². The van der Waals surface area contributed by atoms with Gasteiger partial charge in [-0.15, -0.1) is 0 Å². The monoisotopic (exact) mass is 372 g/mol. The summed E-state index contributed by atoms with van der Waals surface area (Å²) in [6.45, 7) is 0. The van der Waals surface area contributed by atoms with E-state index in [-0.39, 0.29) is 17.0 Å². The number of hydrogen-bond donors (Lipinski definition) is 1. The van der Waals surface area contributed by atoms with E-state index in [4.69, 9.17) is 11.6 Å². The highest BCUT2D eigenvalue weighted by Crippen LogP contribution is 2.40. The third-order valence-electron chi connectivity index (χ3n) is 4.28. The van der Waals surface area contributed by atoms with Gasteiger partial charge in [0.1, 0.15) is 11.5 Å². The lowest BCUT2D eigenvalue weighted by Crippen LogP contribution is -2.46. The van der Waals surface area contributed by atoms with E-state index in [1.807, 2.05) is 0 Å². The second-order valence-electron chi connectivity index (χ2n) is 5.83. The van der Waals surface area contributed by atoms with Gasteiger partial charge in [0.25, 0.3) is 5.91 Å². The average Bonchev–Trinajstić information content (AvgIpc) is 2.53. The first kappa shape index (κ1) is 17.7. The van der Waals surface area contributed by atoms with E-state index < -0.39 is 29.2 Å². The topological polar surface area (TPSA) is 42.0 Å². The number of nitrogens with zero attached hydrogens (tertiary/aromatic N) is 1. The lowest BCUT2D eigenvalue weighted by atomic mass is 9.75. The van der Waals surface area contributed by atoms with Crippen LogP contribution in [0.5, 0.6) is 0 Å². The number of halogens is 5. The molecule has 1 aliphatic carbocycles. The highest BCUT2D eigenvalue weighted by Gasteiger charge is 2.39. The van der Waals surface area contributed by atoms with Gasteiger partial charge in [-0.25, -0.2) is 4.39 Å². The van der Waals surface area contributed by atoms with Crippen molar-refractivity contribution in [3.05, 3.63) is 64.2 Å². The first-order valence-electron chi connectivity index (χ1n) is 7.55. The molecule has 1 saturated carbocycles. The van der Waals surface area contributed by atoms with Crippen LogP contribution in [0, 0.1) is 5.82 Å². The minimum atomic E-state index is -4.67. The van der Waals surface area contributed by atoms with Crippen molar-refractivity contribution in [1.82, 2.24) is 10.3 Å². The van der Waals surface area contributed by atoms with Crippen LogP contribution in [0.4, 0.5) is 17.6 Å². The summed E-state index contributed by atoms with van der Waals surface area (Å²) >= 11 is 6.03. The molecular formula is C17H13ClF4N2O. The Balaban J connectivity index is 1.78. The molecule has 1 aliphatic rings. The molecular weight excluding hydrogens is 360 g/mol. The van der Waals surface area contributed by atoms with Crippen molar-refractivity contribution in [3.8, 4) is 0 Å². The summed E-state index contributed by atoms with van der Waals surface area (Å²) in [5, 5.41) is 2.82. The third kappa shape index (κ3) is 3.61. The molecule has 2 aromatic rings. The van der Waals surface area contributed by atoms with E-state index in [2.05, 4.69) is 10.3 Å². The van der Waals surface area contributed by atoms with E-state index in [9.17, 15) is 22.4 Å². The van der Waals surface area contributed by atoms with Gasteiger partial charge in [0.15, 0.2) is 0 Å². The predicted molar refractivity (Wildman–Crippen MR) is 83.9 cm³/mol. The van der Waals surface area contributed by atoms with Crippen molar-refractivity contribution in [2.45, 2.75) is 31.0 Å². The maximum absolute atomic E-state index is 13.1. The summed E-state index contributed by atoms with van der Waals surface area (Å²) < 4.78 is 52.2. The number of alkyl halides is 3. The van der Waals surface area contributed by atoms with Crippen LogP contribution in [0.1, 0.15) is 40.4 Å². The second kappa shape index (κ2) is 6.63. The molecule has 132 valence electrons. The van der Waals surface area contributed by atoms with Gasteiger partial charge >= 0.3 is 6.18 Å². The summed E-state index contributed by atoms with van der Waals surface area (Å²) in [6.07, 6.45) is -2.23. The highest BCUT2D eigenvalue weighted by atomic mass is 35.5. The van der Waals surface area contributed by atoms with Crippen LogP contribution < -0.4 is 5.32 Å². The van der Waals surface area contributed by atoms with Crippen LogP contribution in [0.3, 0.4) is 0 Å². The Kier molecular flexibility index (Phi) is 4.69. The van der Waals surface area contributed by atoms with Crippen LogP contribution in [0.15, 0.2) is 36.5 Å². The van der Waals surface area contributed by atoms with Crippen molar-refractivity contribution in [2.24, 2.45) is 0 Å². The molecule has 0 unspecified atom stereocenters. The average molecular weight is 373 g/mol. The lowest BCUT2D eigenvalue weighted by molar-refractivity contribution is -0.138. The highest BCUT2D eigenvalue weighted by molar-refractivity contribution is 6.31. The Morgan fingerprint density at radius 2 is 2.00 bits per heavy atom. The standard InChI is InChI=1S/C17H13ClF4N2O/c18-13-8-9(19)3-4-10(13)11-5-6-14(11)24-16(25)15-12(17(20,21)22)2-1-7-23-15/h1-4,7-8,11,14H,5-6H2,(H,24,25)/t11-,14-/m1/s1. The van der Waals surface area contributed by atoms with Gasteiger partial charge < -0.3 is 5.32 Å². The maximum Gasteiger partial charge on any atom is 0.418 e. The zero-order valence-electron chi connectivity index (χ0n) is 12.8. The number of benzene rings is 1. The van der Waals surface area contributed by atoms with Crippen LogP contribution in [0.2, 0.25) is 5.02 Å². The number of aromatic nitrogens is 1. The van der Waals surface area contributed by atoms with E-state index in [1.54, 1.807) is 0 Å². The number of rotatable bonds is 3.